The van der Waals surface area contributed by atoms with Gasteiger partial charge in [0.25, 0.3) is 0 Å². The first-order chi connectivity index (χ1) is 15.4. The molecule has 2 aromatic heterocycles. The maximum absolute atomic E-state index is 13.8. The molecule has 4 rings (SSSR count). The van der Waals surface area contributed by atoms with Gasteiger partial charge < -0.3 is 10.1 Å². The van der Waals surface area contributed by atoms with E-state index >= 15 is 0 Å². The summed E-state index contributed by atoms with van der Waals surface area (Å²) >= 11 is 1.57. The summed E-state index contributed by atoms with van der Waals surface area (Å²) in [4.78, 5) is 15.9. The number of rotatable bonds is 7. The lowest BCUT2D eigenvalue weighted by Gasteiger charge is -2.20. The van der Waals surface area contributed by atoms with Gasteiger partial charge in [-0.1, -0.05) is 6.07 Å². The maximum Gasteiger partial charge on any atom is 0.320 e. The average molecular weight is 462 g/mol. The summed E-state index contributed by atoms with van der Waals surface area (Å²) in [6, 6.07) is 8.51. The molecule has 1 aromatic carbocycles. The second-order valence-electron chi connectivity index (χ2n) is 7.78. The molecule has 2 N–H and O–H groups in total. The number of aryl methyl sites for hydroxylation is 1. The van der Waals surface area contributed by atoms with Crippen LogP contribution in [0.2, 0.25) is 0 Å². The average Bonchev–Trinajstić information content (AvgIpc) is 3.47. The third-order valence-electron chi connectivity index (χ3n) is 5.53. The maximum atomic E-state index is 13.8. The number of hydrogen-bond donors (Lipinski definition) is 2. The van der Waals surface area contributed by atoms with Crippen molar-refractivity contribution >= 4 is 23.2 Å². The Kier molecular flexibility index (Phi) is 6.83. The number of halogens is 2. The fourth-order valence-corrected chi connectivity index (χ4v) is 4.69. The molecule has 170 valence electrons. The third-order valence-corrected chi connectivity index (χ3v) is 6.42. The minimum absolute atomic E-state index is 0.254. The zero-order chi connectivity index (χ0) is 22.7. The van der Waals surface area contributed by atoms with E-state index in [-0.39, 0.29) is 12.0 Å². The molecule has 1 fully saturated rings. The molecule has 0 spiro atoms. The molecule has 3 aromatic rings. The highest BCUT2D eigenvalue weighted by Crippen LogP contribution is 2.29. The minimum atomic E-state index is -0.630. The van der Waals surface area contributed by atoms with Crippen LogP contribution in [0.5, 0.6) is 0 Å². The van der Waals surface area contributed by atoms with E-state index in [1.54, 1.807) is 30.2 Å². The molecule has 1 aliphatic heterocycles. The van der Waals surface area contributed by atoms with Crippen LogP contribution in [0.1, 0.15) is 11.5 Å². The number of aromatic nitrogens is 2. The molecule has 3 heterocycles. The minimum Gasteiger partial charge on any atom is -0.383 e. The van der Waals surface area contributed by atoms with Crippen molar-refractivity contribution in [3.63, 3.8) is 0 Å². The molecule has 1 saturated heterocycles. The molecule has 0 bridgehead atoms. The second kappa shape index (κ2) is 9.76. The lowest BCUT2D eigenvalue weighted by atomic mass is 9.94. The van der Waals surface area contributed by atoms with E-state index < -0.39 is 17.7 Å². The van der Waals surface area contributed by atoms with Crippen molar-refractivity contribution in [3.8, 4) is 10.6 Å². The van der Waals surface area contributed by atoms with Gasteiger partial charge in [-0.3, -0.25) is 14.9 Å². The lowest BCUT2D eigenvalue weighted by molar-refractivity contribution is 0.159. The number of nitrogens with zero attached hydrogens (tertiary/aromatic N) is 3. The molecule has 2 atom stereocenters. The first-order valence-electron chi connectivity index (χ1n) is 10.3. The Morgan fingerprint density at radius 1 is 1.25 bits per heavy atom. The van der Waals surface area contributed by atoms with Crippen molar-refractivity contribution in [2.75, 3.05) is 38.7 Å². The zero-order valence-electron chi connectivity index (χ0n) is 17.8. The number of nitrogens with one attached hydrogen (secondary N) is 2. The Balaban J connectivity index is 1.48. The Morgan fingerprint density at radius 3 is 2.72 bits per heavy atom. The van der Waals surface area contributed by atoms with Crippen molar-refractivity contribution in [2.45, 2.75) is 12.0 Å². The SMILES string of the molecule is COCCN1CC(NC(=O)Nc2cc(-c3cccs3)nn2C)[C@H](c2cc(F)cc(F)c2)C1. The van der Waals surface area contributed by atoms with Crippen molar-refractivity contribution in [3.05, 3.63) is 59.0 Å². The quantitative estimate of drug-likeness (QED) is 0.563. The van der Waals surface area contributed by atoms with Crippen LogP contribution in [0.4, 0.5) is 19.4 Å². The van der Waals surface area contributed by atoms with Crippen molar-refractivity contribution in [2.24, 2.45) is 7.05 Å². The monoisotopic (exact) mass is 461 g/mol. The number of anilines is 1. The highest BCUT2D eigenvalue weighted by molar-refractivity contribution is 7.13. The summed E-state index contributed by atoms with van der Waals surface area (Å²) in [7, 11) is 3.38. The normalized spacial score (nSPS) is 18.8. The molecule has 0 aliphatic carbocycles. The smallest absolute Gasteiger partial charge is 0.320 e. The largest absolute Gasteiger partial charge is 0.383 e. The van der Waals surface area contributed by atoms with E-state index in [9.17, 15) is 13.6 Å². The van der Waals surface area contributed by atoms with Crippen LogP contribution >= 0.6 is 11.3 Å². The van der Waals surface area contributed by atoms with Gasteiger partial charge in [-0.25, -0.2) is 13.6 Å². The van der Waals surface area contributed by atoms with Gasteiger partial charge >= 0.3 is 6.03 Å². The van der Waals surface area contributed by atoms with E-state index in [0.29, 0.717) is 37.6 Å². The Bertz CT molecular complexity index is 1050. The number of likely N-dealkylation sites (tertiary alicyclic amines) is 1. The van der Waals surface area contributed by atoms with Gasteiger partial charge in [0, 0.05) is 51.8 Å². The fraction of sp³-hybridized carbons (Fsp3) is 0.364. The van der Waals surface area contributed by atoms with Crippen molar-refractivity contribution in [1.82, 2.24) is 20.0 Å². The van der Waals surface area contributed by atoms with Crippen LogP contribution < -0.4 is 10.6 Å². The molecule has 7 nitrogen and oxygen atoms in total. The van der Waals surface area contributed by atoms with Crippen LogP contribution in [-0.4, -0.2) is 60.1 Å². The van der Waals surface area contributed by atoms with Gasteiger partial charge in [0.1, 0.15) is 23.1 Å². The summed E-state index contributed by atoms with van der Waals surface area (Å²) in [5, 5.41) is 12.2. The Morgan fingerprint density at radius 2 is 2.03 bits per heavy atom. The zero-order valence-corrected chi connectivity index (χ0v) is 18.7. The van der Waals surface area contributed by atoms with Crippen LogP contribution in [0.25, 0.3) is 10.6 Å². The van der Waals surface area contributed by atoms with Gasteiger partial charge in [-0.15, -0.1) is 11.3 Å². The van der Waals surface area contributed by atoms with Crippen LogP contribution in [0.3, 0.4) is 0 Å². The summed E-state index contributed by atoms with van der Waals surface area (Å²) in [6.07, 6.45) is 0. The Labute approximate surface area is 189 Å². The van der Waals surface area contributed by atoms with Gasteiger partial charge in [0.15, 0.2) is 0 Å². The standard InChI is InChI=1S/C22H25F2N5O2S/c1-28-21(11-18(27-28)20-4-3-7-32-20)26-22(30)25-19-13-29(5-6-31-2)12-17(19)14-8-15(23)10-16(24)9-14/h3-4,7-11,17,19H,5-6,12-13H2,1-2H3,(H2,25,26,30)/t17-,19?/m0/s1. The van der Waals surface area contributed by atoms with Gasteiger partial charge in [0.05, 0.1) is 17.5 Å². The van der Waals surface area contributed by atoms with E-state index in [4.69, 9.17) is 4.74 Å². The molecule has 2 amide bonds. The summed E-state index contributed by atoms with van der Waals surface area (Å²) in [5.74, 6) is -0.964. The molecular weight excluding hydrogens is 436 g/mol. The molecule has 0 radical (unpaired) electrons. The first-order valence-corrected chi connectivity index (χ1v) is 11.1. The van der Waals surface area contributed by atoms with Crippen LogP contribution in [0.15, 0.2) is 41.8 Å². The predicted molar refractivity (Wildman–Crippen MR) is 120 cm³/mol. The number of thiophene rings is 1. The molecule has 1 aliphatic rings. The van der Waals surface area contributed by atoms with E-state index in [2.05, 4.69) is 20.6 Å². The molecule has 0 saturated carbocycles. The number of carbonyl (C=O) groups is 1. The predicted octanol–water partition coefficient (Wildman–Crippen LogP) is 3.66. The number of ether oxygens (including phenoxy) is 1. The highest BCUT2D eigenvalue weighted by atomic mass is 32.1. The van der Waals surface area contributed by atoms with Gasteiger partial charge in [0.2, 0.25) is 0 Å². The number of benzene rings is 1. The second-order valence-corrected chi connectivity index (χ2v) is 8.73. The molecule has 1 unspecified atom stereocenters. The van der Waals surface area contributed by atoms with Crippen LogP contribution in [-0.2, 0) is 11.8 Å². The fourth-order valence-electron chi connectivity index (χ4n) is 4.01. The highest BCUT2D eigenvalue weighted by Gasteiger charge is 2.35. The topological polar surface area (TPSA) is 71.4 Å². The lowest BCUT2D eigenvalue weighted by Crippen LogP contribution is -2.42. The third kappa shape index (κ3) is 5.14. The number of urea groups is 1. The first kappa shape index (κ1) is 22.4. The summed E-state index contributed by atoms with van der Waals surface area (Å²) < 4.78 is 34.4. The number of methoxy groups -OCH3 is 1. The van der Waals surface area contributed by atoms with E-state index in [0.717, 1.165) is 16.6 Å². The summed E-state index contributed by atoms with van der Waals surface area (Å²) in [6.45, 7) is 2.30. The molecule has 10 heteroatoms. The van der Waals surface area contributed by atoms with Gasteiger partial charge in [-0.2, -0.15) is 5.10 Å². The van der Waals surface area contributed by atoms with Crippen molar-refractivity contribution < 1.29 is 18.3 Å². The van der Waals surface area contributed by atoms with Crippen LogP contribution in [0, 0.1) is 11.6 Å². The molecule has 32 heavy (non-hydrogen) atoms. The number of amides is 2. The van der Waals surface area contributed by atoms with E-state index in [1.807, 2.05) is 23.6 Å². The Hall–Kier alpha value is -2.82. The number of carbonyl (C=O) groups excluding carboxylic acids is 1. The van der Waals surface area contributed by atoms with Gasteiger partial charge in [-0.05, 0) is 29.1 Å². The van der Waals surface area contributed by atoms with E-state index in [1.165, 1.54) is 12.1 Å². The molecular formula is C22H25F2N5O2S. The summed E-state index contributed by atoms with van der Waals surface area (Å²) in [5.41, 5.74) is 1.30. The number of hydrogen-bond acceptors (Lipinski definition) is 5. The van der Waals surface area contributed by atoms with Crippen molar-refractivity contribution in [1.29, 1.82) is 0 Å².